The smallest absolute Gasteiger partial charge is 0.254 e. The highest BCUT2D eigenvalue weighted by Crippen LogP contribution is 2.26. The van der Waals surface area contributed by atoms with Gasteiger partial charge < -0.3 is 9.64 Å². The van der Waals surface area contributed by atoms with E-state index in [2.05, 4.69) is 64.1 Å². The van der Waals surface area contributed by atoms with Crippen molar-refractivity contribution in [3.63, 3.8) is 0 Å². The molecule has 1 aromatic heterocycles. The van der Waals surface area contributed by atoms with Gasteiger partial charge in [-0.05, 0) is 35.6 Å². The summed E-state index contributed by atoms with van der Waals surface area (Å²) in [6.07, 6.45) is 0.808. The number of hydrogen-bond donors (Lipinski definition) is 0. The Hall–Kier alpha value is -2.92. The van der Waals surface area contributed by atoms with Crippen LogP contribution in [-0.4, -0.2) is 27.1 Å². The van der Waals surface area contributed by atoms with Crippen LogP contribution >= 0.6 is 0 Å². The third-order valence-electron chi connectivity index (χ3n) is 6.24. The van der Waals surface area contributed by atoms with Gasteiger partial charge >= 0.3 is 0 Å². The topological polar surface area (TPSA) is 47.4 Å². The minimum Gasteiger partial charge on any atom is -0.370 e. The Bertz CT molecular complexity index is 1090. The second-order valence-corrected chi connectivity index (χ2v) is 9.78. The fraction of sp³-hybridized carbons (Fsp3) is 0.407. The number of nitrogens with zero attached hydrogens (tertiary/aromatic N) is 3. The van der Waals surface area contributed by atoms with E-state index in [1.54, 1.807) is 0 Å². The molecule has 0 saturated carbocycles. The summed E-state index contributed by atoms with van der Waals surface area (Å²) in [5.41, 5.74) is 7.69. The lowest BCUT2D eigenvalue weighted by Crippen LogP contribution is -2.36. The number of rotatable bonds is 5. The van der Waals surface area contributed by atoms with E-state index in [0.29, 0.717) is 26.3 Å². The van der Waals surface area contributed by atoms with Crippen molar-refractivity contribution in [3.8, 4) is 0 Å². The number of aryl methyl sites for hydroxylation is 2. The van der Waals surface area contributed by atoms with Crippen molar-refractivity contribution < 1.29 is 9.53 Å². The summed E-state index contributed by atoms with van der Waals surface area (Å²) < 4.78 is 7.92. The zero-order valence-electron chi connectivity index (χ0n) is 19.8. The summed E-state index contributed by atoms with van der Waals surface area (Å²) in [5.74, 6) is 0.0754. The van der Waals surface area contributed by atoms with Crippen LogP contribution in [0.1, 0.15) is 64.8 Å². The van der Waals surface area contributed by atoms with Crippen LogP contribution in [-0.2, 0) is 43.4 Å². The first-order chi connectivity index (χ1) is 15.2. The van der Waals surface area contributed by atoms with Gasteiger partial charge in [-0.15, -0.1) is 0 Å². The Kier molecular flexibility index (Phi) is 6.20. The molecule has 1 amide bonds. The molecule has 1 aliphatic heterocycles. The standard InChI is InChI=1S/C27H33N3O2/c1-19-6-8-20(9-7-19)17-32-18-24-23-16-30(15-14-25(23)29(5)28-24)26(31)21-10-12-22(13-11-21)27(2,3)4/h6-13H,14-18H2,1-5H3. The van der Waals surface area contributed by atoms with Crippen LogP contribution in [0.2, 0.25) is 0 Å². The molecule has 5 heteroatoms. The quantitative estimate of drug-likeness (QED) is 0.575. The Morgan fingerprint density at radius 3 is 2.38 bits per heavy atom. The number of carbonyl (C=O) groups is 1. The Labute approximate surface area is 191 Å². The number of carbonyl (C=O) groups excluding carboxylic acids is 1. The first-order valence-corrected chi connectivity index (χ1v) is 11.3. The predicted octanol–water partition coefficient (Wildman–Crippen LogP) is 4.94. The highest BCUT2D eigenvalue weighted by Gasteiger charge is 2.27. The zero-order valence-corrected chi connectivity index (χ0v) is 19.8. The molecule has 0 aliphatic carbocycles. The molecule has 0 radical (unpaired) electrons. The maximum absolute atomic E-state index is 13.2. The molecular formula is C27H33N3O2. The summed E-state index contributed by atoms with van der Waals surface area (Å²) in [6.45, 7) is 10.9. The van der Waals surface area contributed by atoms with Gasteiger partial charge in [0.15, 0.2) is 0 Å². The monoisotopic (exact) mass is 431 g/mol. The minimum absolute atomic E-state index is 0.0742. The molecule has 2 heterocycles. The molecule has 1 aliphatic rings. The normalized spacial score (nSPS) is 13.8. The molecule has 5 nitrogen and oxygen atoms in total. The van der Waals surface area contributed by atoms with E-state index >= 15 is 0 Å². The van der Waals surface area contributed by atoms with Crippen LogP contribution in [0.25, 0.3) is 0 Å². The van der Waals surface area contributed by atoms with Crippen LogP contribution in [0.4, 0.5) is 0 Å². The molecule has 0 fully saturated rings. The molecule has 4 rings (SSSR count). The van der Waals surface area contributed by atoms with E-state index in [9.17, 15) is 4.79 Å². The minimum atomic E-state index is 0.0742. The van der Waals surface area contributed by atoms with Crippen molar-refractivity contribution in [3.05, 3.63) is 87.7 Å². The fourth-order valence-corrected chi connectivity index (χ4v) is 4.20. The molecule has 2 aromatic carbocycles. The van der Waals surface area contributed by atoms with E-state index in [0.717, 1.165) is 28.8 Å². The Morgan fingerprint density at radius 2 is 1.72 bits per heavy atom. The average Bonchev–Trinajstić information content (AvgIpc) is 3.09. The van der Waals surface area contributed by atoms with E-state index < -0.39 is 0 Å². The maximum Gasteiger partial charge on any atom is 0.254 e. The first-order valence-electron chi connectivity index (χ1n) is 11.3. The summed E-state index contributed by atoms with van der Waals surface area (Å²) >= 11 is 0. The maximum atomic E-state index is 13.2. The van der Waals surface area contributed by atoms with Crippen LogP contribution in [0, 0.1) is 6.92 Å². The van der Waals surface area contributed by atoms with Crippen LogP contribution in [0.5, 0.6) is 0 Å². The van der Waals surface area contributed by atoms with Gasteiger partial charge in [-0.2, -0.15) is 5.10 Å². The fourth-order valence-electron chi connectivity index (χ4n) is 4.20. The van der Waals surface area contributed by atoms with Gasteiger partial charge in [-0.3, -0.25) is 9.48 Å². The second kappa shape index (κ2) is 8.91. The van der Waals surface area contributed by atoms with Crippen molar-refractivity contribution in [1.82, 2.24) is 14.7 Å². The highest BCUT2D eigenvalue weighted by atomic mass is 16.5. The lowest BCUT2D eigenvalue weighted by molar-refractivity contribution is 0.0728. The van der Waals surface area contributed by atoms with Gasteiger partial charge in [0.1, 0.15) is 0 Å². The van der Waals surface area contributed by atoms with E-state index in [4.69, 9.17) is 9.84 Å². The molecule has 0 atom stereocenters. The molecule has 3 aromatic rings. The second-order valence-electron chi connectivity index (χ2n) is 9.78. The molecular weight excluding hydrogens is 398 g/mol. The molecule has 0 N–H and O–H groups in total. The molecule has 168 valence electrons. The van der Waals surface area contributed by atoms with Crippen LogP contribution in [0.15, 0.2) is 48.5 Å². The summed E-state index contributed by atoms with van der Waals surface area (Å²) in [6, 6.07) is 16.4. The molecule has 0 saturated heterocycles. The van der Waals surface area contributed by atoms with E-state index in [1.165, 1.54) is 16.8 Å². The van der Waals surface area contributed by atoms with Gasteiger partial charge in [0.25, 0.3) is 5.91 Å². The average molecular weight is 432 g/mol. The van der Waals surface area contributed by atoms with Crippen molar-refractivity contribution in [1.29, 1.82) is 0 Å². The van der Waals surface area contributed by atoms with Crippen molar-refractivity contribution >= 4 is 5.91 Å². The number of fused-ring (bicyclic) bond motifs is 1. The van der Waals surface area contributed by atoms with Gasteiger partial charge in [0.05, 0.1) is 18.9 Å². The van der Waals surface area contributed by atoms with Gasteiger partial charge in [-0.25, -0.2) is 0 Å². The molecule has 32 heavy (non-hydrogen) atoms. The number of hydrogen-bond acceptors (Lipinski definition) is 3. The Morgan fingerprint density at radius 1 is 1.03 bits per heavy atom. The largest absolute Gasteiger partial charge is 0.370 e. The van der Waals surface area contributed by atoms with Gasteiger partial charge in [-0.1, -0.05) is 62.7 Å². The molecule has 0 unspecified atom stereocenters. The SMILES string of the molecule is Cc1ccc(COCc2nn(C)c3c2CN(C(=O)c2ccc(C(C)(C)C)cc2)CC3)cc1. The number of ether oxygens (including phenoxy) is 1. The van der Waals surface area contributed by atoms with E-state index in [-0.39, 0.29) is 11.3 Å². The van der Waals surface area contributed by atoms with Crippen LogP contribution in [0.3, 0.4) is 0 Å². The predicted molar refractivity (Wildman–Crippen MR) is 126 cm³/mol. The third-order valence-corrected chi connectivity index (χ3v) is 6.24. The highest BCUT2D eigenvalue weighted by molar-refractivity contribution is 5.94. The summed E-state index contributed by atoms with van der Waals surface area (Å²) in [7, 11) is 1.98. The number of amides is 1. The number of aromatic nitrogens is 2. The first kappa shape index (κ1) is 22.3. The number of benzene rings is 2. The van der Waals surface area contributed by atoms with Crippen molar-refractivity contribution in [2.45, 2.75) is 59.3 Å². The summed E-state index contributed by atoms with van der Waals surface area (Å²) in [4.78, 5) is 15.1. The van der Waals surface area contributed by atoms with Crippen molar-refractivity contribution in [2.24, 2.45) is 7.05 Å². The van der Waals surface area contributed by atoms with Crippen molar-refractivity contribution in [2.75, 3.05) is 6.54 Å². The summed E-state index contributed by atoms with van der Waals surface area (Å²) in [5, 5.41) is 4.70. The Balaban J connectivity index is 1.44. The van der Waals surface area contributed by atoms with Crippen LogP contribution < -0.4 is 0 Å². The molecule has 0 bridgehead atoms. The molecule has 0 spiro atoms. The van der Waals surface area contributed by atoms with Gasteiger partial charge in [0.2, 0.25) is 0 Å². The van der Waals surface area contributed by atoms with Gasteiger partial charge in [0, 0.05) is 43.4 Å². The third kappa shape index (κ3) is 4.78. The lowest BCUT2D eigenvalue weighted by atomic mass is 9.86. The zero-order chi connectivity index (χ0) is 22.9. The lowest BCUT2D eigenvalue weighted by Gasteiger charge is -2.28. The van der Waals surface area contributed by atoms with E-state index in [1.807, 2.05) is 28.8 Å².